The van der Waals surface area contributed by atoms with Crippen molar-refractivity contribution >= 4 is 34.3 Å². The third kappa shape index (κ3) is 3.37. The van der Waals surface area contributed by atoms with Gasteiger partial charge in [-0.25, -0.2) is 9.37 Å². The van der Waals surface area contributed by atoms with Gasteiger partial charge in [0, 0.05) is 5.56 Å². The molecular formula is C19H12ClFN4O3. The van der Waals surface area contributed by atoms with E-state index >= 15 is 0 Å². The molecule has 0 radical (unpaired) electrons. The maximum atomic E-state index is 13.5. The number of hydrogen-bond donors (Lipinski definition) is 1. The molecule has 4 aromatic rings. The summed E-state index contributed by atoms with van der Waals surface area (Å²) in [6.07, 6.45) is 1.19. The van der Waals surface area contributed by atoms with Gasteiger partial charge in [-0.1, -0.05) is 41.0 Å². The molecule has 9 heteroatoms. The Bertz CT molecular complexity index is 1250. The van der Waals surface area contributed by atoms with E-state index in [-0.39, 0.29) is 23.3 Å². The standard InChI is InChI=1S/C19H12ClFN4O3/c20-13-6-1-2-7-14(13)23-15(26)9-25-10-22-18-16(19(25)27)17(24-28-18)11-4-3-5-12(21)8-11/h1-8,10H,9H2,(H,23,26). The summed E-state index contributed by atoms with van der Waals surface area (Å²) in [5.74, 6) is -0.933. The van der Waals surface area contributed by atoms with E-state index in [2.05, 4.69) is 15.5 Å². The van der Waals surface area contributed by atoms with Crippen LogP contribution in [0.4, 0.5) is 10.1 Å². The molecule has 0 atom stereocenters. The molecule has 0 aliphatic carbocycles. The molecule has 0 aliphatic rings. The van der Waals surface area contributed by atoms with Crippen molar-refractivity contribution in [3.05, 3.63) is 76.1 Å². The maximum Gasteiger partial charge on any atom is 0.267 e. The number of para-hydroxylation sites is 1. The largest absolute Gasteiger partial charge is 0.335 e. The van der Waals surface area contributed by atoms with Gasteiger partial charge in [-0.2, -0.15) is 0 Å². The van der Waals surface area contributed by atoms with E-state index in [1.54, 1.807) is 30.3 Å². The van der Waals surface area contributed by atoms with Gasteiger partial charge in [0.1, 0.15) is 29.8 Å². The van der Waals surface area contributed by atoms with E-state index in [0.29, 0.717) is 16.3 Å². The second kappa shape index (κ2) is 7.24. The number of rotatable bonds is 4. The van der Waals surface area contributed by atoms with Crippen LogP contribution < -0.4 is 10.9 Å². The SMILES string of the molecule is O=C(Cn1cnc2onc(-c3cccc(F)c3)c2c1=O)Nc1ccccc1Cl. The number of fused-ring (bicyclic) bond motifs is 1. The Hall–Kier alpha value is -3.52. The number of amides is 1. The van der Waals surface area contributed by atoms with Crippen molar-refractivity contribution in [3.8, 4) is 11.3 Å². The van der Waals surface area contributed by atoms with Crippen LogP contribution in [0.2, 0.25) is 5.02 Å². The number of hydrogen-bond acceptors (Lipinski definition) is 5. The van der Waals surface area contributed by atoms with Crippen LogP contribution in [-0.4, -0.2) is 20.6 Å². The predicted octanol–water partition coefficient (Wildman–Crippen LogP) is 3.48. The van der Waals surface area contributed by atoms with Gasteiger partial charge >= 0.3 is 0 Å². The fraction of sp³-hybridized carbons (Fsp3) is 0.0526. The normalized spacial score (nSPS) is 10.9. The highest BCUT2D eigenvalue weighted by atomic mass is 35.5. The van der Waals surface area contributed by atoms with Crippen LogP contribution >= 0.6 is 11.6 Å². The van der Waals surface area contributed by atoms with Gasteiger partial charge in [0.25, 0.3) is 11.3 Å². The molecule has 0 bridgehead atoms. The van der Waals surface area contributed by atoms with Crippen molar-refractivity contribution < 1.29 is 13.7 Å². The molecule has 0 fully saturated rings. The van der Waals surface area contributed by atoms with Crippen molar-refractivity contribution in [2.75, 3.05) is 5.32 Å². The monoisotopic (exact) mass is 398 g/mol. The lowest BCUT2D eigenvalue weighted by Gasteiger charge is -2.08. The van der Waals surface area contributed by atoms with E-state index in [4.69, 9.17) is 16.1 Å². The maximum absolute atomic E-state index is 13.5. The molecule has 0 spiro atoms. The van der Waals surface area contributed by atoms with Crippen LogP contribution in [0.3, 0.4) is 0 Å². The summed E-state index contributed by atoms with van der Waals surface area (Å²) in [6, 6.07) is 12.4. The summed E-state index contributed by atoms with van der Waals surface area (Å²) in [5, 5.41) is 6.91. The molecule has 2 heterocycles. The van der Waals surface area contributed by atoms with Gasteiger partial charge in [0.15, 0.2) is 0 Å². The molecule has 28 heavy (non-hydrogen) atoms. The predicted molar refractivity (Wildman–Crippen MR) is 102 cm³/mol. The van der Waals surface area contributed by atoms with Crippen molar-refractivity contribution in [1.29, 1.82) is 0 Å². The molecule has 0 saturated carbocycles. The molecule has 140 valence electrons. The summed E-state index contributed by atoms with van der Waals surface area (Å²) in [6.45, 7) is -0.291. The van der Waals surface area contributed by atoms with Crippen molar-refractivity contribution in [3.63, 3.8) is 0 Å². The summed E-state index contributed by atoms with van der Waals surface area (Å²) in [4.78, 5) is 29.2. The first-order valence-corrected chi connectivity index (χ1v) is 8.56. The summed E-state index contributed by atoms with van der Waals surface area (Å²) in [5.41, 5.74) is 0.442. The van der Waals surface area contributed by atoms with Crippen LogP contribution in [0.5, 0.6) is 0 Å². The third-order valence-corrected chi connectivity index (χ3v) is 4.35. The van der Waals surface area contributed by atoms with E-state index in [0.717, 1.165) is 4.57 Å². The molecule has 0 saturated heterocycles. The highest BCUT2D eigenvalue weighted by molar-refractivity contribution is 6.33. The number of carbonyl (C=O) groups is 1. The minimum atomic E-state index is -0.528. The first-order chi connectivity index (χ1) is 13.5. The first-order valence-electron chi connectivity index (χ1n) is 8.18. The fourth-order valence-corrected chi connectivity index (χ4v) is 2.92. The summed E-state index contributed by atoms with van der Waals surface area (Å²) >= 11 is 6.02. The van der Waals surface area contributed by atoms with Crippen LogP contribution in [0.1, 0.15) is 0 Å². The van der Waals surface area contributed by atoms with Crippen LogP contribution in [0.15, 0.2) is 64.2 Å². The van der Waals surface area contributed by atoms with E-state index in [1.807, 2.05) is 0 Å². The average Bonchev–Trinajstić information content (AvgIpc) is 3.11. The number of nitrogens with zero attached hydrogens (tertiary/aromatic N) is 3. The molecule has 4 rings (SSSR count). The van der Waals surface area contributed by atoms with Gasteiger partial charge in [-0.05, 0) is 24.3 Å². The second-order valence-corrected chi connectivity index (χ2v) is 6.33. The topological polar surface area (TPSA) is 90.0 Å². The zero-order valence-electron chi connectivity index (χ0n) is 14.2. The number of benzene rings is 2. The van der Waals surface area contributed by atoms with Gasteiger partial charge in [-0.3, -0.25) is 14.2 Å². The van der Waals surface area contributed by atoms with Crippen LogP contribution in [-0.2, 0) is 11.3 Å². The number of nitrogens with one attached hydrogen (secondary N) is 1. The number of carbonyl (C=O) groups excluding carboxylic acids is 1. The van der Waals surface area contributed by atoms with Crippen molar-refractivity contribution in [2.45, 2.75) is 6.54 Å². The zero-order valence-corrected chi connectivity index (χ0v) is 15.0. The van der Waals surface area contributed by atoms with E-state index < -0.39 is 17.3 Å². The molecule has 1 amide bonds. The Morgan fingerprint density at radius 3 is 2.82 bits per heavy atom. The van der Waals surface area contributed by atoms with E-state index in [1.165, 1.54) is 24.5 Å². The lowest BCUT2D eigenvalue weighted by Crippen LogP contribution is -2.28. The minimum Gasteiger partial charge on any atom is -0.335 e. The Kier molecular flexibility index (Phi) is 4.62. The molecular weight excluding hydrogens is 387 g/mol. The highest BCUT2D eigenvalue weighted by Gasteiger charge is 2.18. The highest BCUT2D eigenvalue weighted by Crippen LogP contribution is 2.25. The van der Waals surface area contributed by atoms with Gasteiger partial charge in [0.05, 0.1) is 10.7 Å². The number of anilines is 1. The Morgan fingerprint density at radius 1 is 1.21 bits per heavy atom. The Balaban J connectivity index is 1.68. The van der Waals surface area contributed by atoms with Crippen LogP contribution in [0.25, 0.3) is 22.4 Å². The zero-order chi connectivity index (χ0) is 19.7. The quantitative estimate of drug-likeness (QED) is 0.568. The fourth-order valence-electron chi connectivity index (χ4n) is 2.73. The van der Waals surface area contributed by atoms with Crippen molar-refractivity contribution in [2.24, 2.45) is 0 Å². The Morgan fingerprint density at radius 2 is 2.04 bits per heavy atom. The molecule has 7 nitrogen and oxygen atoms in total. The average molecular weight is 399 g/mol. The van der Waals surface area contributed by atoms with Crippen LogP contribution in [0, 0.1) is 5.82 Å². The summed E-state index contributed by atoms with van der Waals surface area (Å²) < 4.78 is 19.7. The Labute approximate surface area is 162 Å². The molecule has 2 aromatic heterocycles. The van der Waals surface area contributed by atoms with Gasteiger partial charge in [-0.15, -0.1) is 0 Å². The first kappa shape index (κ1) is 17.9. The van der Waals surface area contributed by atoms with Crippen molar-refractivity contribution in [1.82, 2.24) is 14.7 Å². The number of aromatic nitrogens is 3. The summed E-state index contributed by atoms with van der Waals surface area (Å²) in [7, 11) is 0. The lowest BCUT2D eigenvalue weighted by molar-refractivity contribution is -0.116. The number of halogens is 2. The minimum absolute atomic E-state index is 0.00650. The van der Waals surface area contributed by atoms with Gasteiger partial charge < -0.3 is 9.84 Å². The molecule has 2 aromatic carbocycles. The molecule has 0 unspecified atom stereocenters. The molecule has 1 N–H and O–H groups in total. The molecule has 0 aliphatic heterocycles. The smallest absolute Gasteiger partial charge is 0.267 e. The van der Waals surface area contributed by atoms with Gasteiger partial charge in [0.2, 0.25) is 5.91 Å². The lowest BCUT2D eigenvalue weighted by atomic mass is 10.1. The third-order valence-electron chi connectivity index (χ3n) is 4.02. The van der Waals surface area contributed by atoms with E-state index in [9.17, 15) is 14.0 Å². The second-order valence-electron chi connectivity index (χ2n) is 5.93.